The topological polar surface area (TPSA) is 26.3 Å². The van der Waals surface area contributed by atoms with Crippen LogP contribution < -0.4 is 0 Å². The largest absolute Gasteiger partial charge is 0.468 e. The van der Waals surface area contributed by atoms with Crippen LogP contribution >= 0.6 is 11.8 Å². The highest BCUT2D eigenvalue weighted by Crippen LogP contribution is 2.23. The minimum atomic E-state index is 0.917. The minimum absolute atomic E-state index is 0.917. The molecule has 2 nitrogen and oxygen atoms in total. The molecule has 0 aliphatic rings. The first-order valence-corrected chi connectivity index (χ1v) is 7.18. The van der Waals surface area contributed by atoms with E-state index in [1.165, 1.54) is 11.1 Å². The van der Waals surface area contributed by atoms with Crippen molar-refractivity contribution in [2.24, 2.45) is 0 Å². The molecule has 0 N–H and O–H groups in total. The third kappa shape index (κ3) is 2.97. The fraction of sp³-hybridized carbons (Fsp3) is 0.429. The quantitative estimate of drug-likeness (QED) is 0.758. The lowest BCUT2D eigenvalue weighted by Gasteiger charge is -2.01. The molecule has 2 rings (SSSR count). The van der Waals surface area contributed by atoms with Crippen molar-refractivity contribution in [1.29, 1.82) is 0 Å². The SMILES string of the molecule is CCc1ccoc1CSCc1occc1CC. The van der Waals surface area contributed by atoms with Crippen molar-refractivity contribution >= 4 is 11.8 Å². The van der Waals surface area contributed by atoms with E-state index in [4.69, 9.17) is 8.83 Å². The highest BCUT2D eigenvalue weighted by atomic mass is 32.2. The average Bonchev–Trinajstić information content (AvgIpc) is 2.97. The molecular weight excluding hydrogens is 232 g/mol. The zero-order valence-corrected chi connectivity index (χ0v) is 11.2. The van der Waals surface area contributed by atoms with Crippen molar-refractivity contribution in [3.05, 3.63) is 47.3 Å². The minimum Gasteiger partial charge on any atom is -0.468 e. The van der Waals surface area contributed by atoms with Gasteiger partial charge in [0.15, 0.2) is 0 Å². The number of hydrogen-bond donors (Lipinski definition) is 0. The predicted octanol–water partition coefficient (Wildman–Crippen LogP) is 4.43. The first kappa shape index (κ1) is 12.4. The summed E-state index contributed by atoms with van der Waals surface area (Å²) < 4.78 is 11.0. The van der Waals surface area contributed by atoms with E-state index in [-0.39, 0.29) is 0 Å². The molecular formula is C14H18O2S. The number of hydrogen-bond acceptors (Lipinski definition) is 3. The van der Waals surface area contributed by atoms with Crippen molar-refractivity contribution in [2.45, 2.75) is 38.2 Å². The fourth-order valence-electron chi connectivity index (χ4n) is 1.85. The molecule has 0 unspecified atom stereocenters. The van der Waals surface area contributed by atoms with Crippen LogP contribution in [0.3, 0.4) is 0 Å². The molecule has 92 valence electrons. The molecule has 2 heterocycles. The van der Waals surface area contributed by atoms with Crippen LogP contribution in [0.2, 0.25) is 0 Å². The fourth-order valence-corrected chi connectivity index (χ4v) is 2.83. The van der Waals surface area contributed by atoms with Gasteiger partial charge in [0.2, 0.25) is 0 Å². The number of furan rings is 2. The van der Waals surface area contributed by atoms with E-state index in [1.54, 1.807) is 12.5 Å². The molecule has 0 spiro atoms. The Hall–Kier alpha value is -1.09. The van der Waals surface area contributed by atoms with Gasteiger partial charge >= 0.3 is 0 Å². The molecule has 2 aromatic heterocycles. The highest BCUT2D eigenvalue weighted by molar-refractivity contribution is 7.97. The summed E-state index contributed by atoms with van der Waals surface area (Å²) in [5.41, 5.74) is 2.63. The molecule has 2 aromatic rings. The van der Waals surface area contributed by atoms with Crippen molar-refractivity contribution in [1.82, 2.24) is 0 Å². The average molecular weight is 250 g/mol. The van der Waals surface area contributed by atoms with E-state index in [2.05, 4.69) is 26.0 Å². The maximum Gasteiger partial charge on any atom is 0.116 e. The van der Waals surface area contributed by atoms with Crippen LogP contribution in [0.25, 0.3) is 0 Å². The van der Waals surface area contributed by atoms with Gasteiger partial charge in [0.25, 0.3) is 0 Å². The molecule has 0 bridgehead atoms. The van der Waals surface area contributed by atoms with Crippen LogP contribution in [0.15, 0.2) is 33.5 Å². The Kier molecular flexibility index (Phi) is 4.37. The van der Waals surface area contributed by atoms with E-state index in [0.29, 0.717) is 0 Å². The van der Waals surface area contributed by atoms with E-state index >= 15 is 0 Å². The Balaban J connectivity index is 1.87. The normalized spacial score (nSPS) is 10.9. The lowest BCUT2D eigenvalue weighted by Crippen LogP contribution is -1.88. The van der Waals surface area contributed by atoms with Crippen LogP contribution in [0.1, 0.15) is 36.5 Å². The summed E-state index contributed by atoms with van der Waals surface area (Å²) in [5.74, 6) is 4.03. The summed E-state index contributed by atoms with van der Waals surface area (Å²) in [5, 5.41) is 0. The third-order valence-corrected chi connectivity index (χ3v) is 3.84. The third-order valence-electron chi connectivity index (χ3n) is 2.90. The van der Waals surface area contributed by atoms with Gasteiger partial charge in [-0.15, -0.1) is 11.8 Å². The second-order valence-corrected chi connectivity index (χ2v) is 4.92. The number of rotatable bonds is 6. The Bertz CT molecular complexity index is 414. The van der Waals surface area contributed by atoms with Gasteiger partial charge in [-0.3, -0.25) is 0 Å². The molecule has 0 fully saturated rings. The van der Waals surface area contributed by atoms with E-state index in [9.17, 15) is 0 Å². The highest BCUT2D eigenvalue weighted by Gasteiger charge is 2.07. The first-order valence-electron chi connectivity index (χ1n) is 6.03. The van der Waals surface area contributed by atoms with Gasteiger partial charge in [-0.2, -0.15) is 0 Å². The van der Waals surface area contributed by atoms with Crippen LogP contribution in [0, 0.1) is 0 Å². The van der Waals surface area contributed by atoms with E-state index < -0.39 is 0 Å². The summed E-state index contributed by atoms with van der Waals surface area (Å²) in [7, 11) is 0. The Morgan fingerprint density at radius 1 is 0.882 bits per heavy atom. The summed E-state index contributed by atoms with van der Waals surface area (Å²) in [6, 6.07) is 4.11. The lowest BCUT2D eigenvalue weighted by molar-refractivity contribution is 0.522. The molecule has 0 aliphatic heterocycles. The molecule has 0 saturated heterocycles. The molecule has 0 radical (unpaired) electrons. The van der Waals surface area contributed by atoms with E-state index in [0.717, 1.165) is 35.9 Å². The van der Waals surface area contributed by atoms with Gasteiger partial charge in [-0.05, 0) is 36.1 Å². The molecule has 3 heteroatoms. The van der Waals surface area contributed by atoms with Crippen molar-refractivity contribution in [3.63, 3.8) is 0 Å². The van der Waals surface area contributed by atoms with Crippen LogP contribution in [-0.2, 0) is 24.3 Å². The predicted molar refractivity (Wildman–Crippen MR) is 71.2 cm³/mol. The van der Waals surface area contributed by atoms with Crippen LogP contribution in [0.5, 0.6) is 0 Å². The Morgan fingerprint density at radius 2 is 1.35 bits per heavy atom. The zero-order valence-electron chi connectivity index (χ0n) is 10.4. The van der Waals surface area contributed by atoms with Gasteiger partial charge in [-0.1, -0.05) is 13.8 Å². The second-order valence-electron chi connectivity index (χ2n) is 3.94. The Morgan fingerprint density at radius 3 is 1.76 bits per heavy atom. The van der Waals surface area contributed by atoms with Crippen molar-refractivity contribution in [3.8, 4) is 0 Å². The summed E-state index contributed by atoms with van der Waals surface area (Å²) in [6.45, 7) is 4.31. The number of aryl methyl sites for hydroxylation is 2. The Labute approximate surface area is 106 Å². The second kappa shape index (κ2) is 6.01. The molecule has 0 amide bonds. The smallest absolute Gasteiger partial charge is 0.116 e. The summed E-state index contributed by atoms with van der Waals surface area (Å²) in [4.78, 5) is 0. The van der Waals surface area contributed by atoms with Gasteiger partial charge in [0.1, 0.15) is 11.5 Å². The van der Waals surface area contributed by atoms with Crippen LogP contribution in [0.4, 0.5) is 0 Å². The summed E-state index contributed by atoms with van der Waals surface area (Å²) in [6.07, 6.45) is 5.62. The first-order chi connectivity index (χ1) is 8.35. The molecule has 17 heavy (non-hydrogen) atoms. The number of thioether (sulfide) groups is 1. The van der Waals surface area contributed by atoms with Crippen LogP contribution in [-0.4, -0.2) is 0 Å². The summed E-state index contributed by atoms with van der Waals surface area (Å²) >= 11 is 1.84. The maximum absolute atomic E-state index is 5.48. The zero-order chi connectivity index (χ0) is 12.1. The standard InChI is InChI=1S/C14H18O2S/c1-3-11-5-7-15-13(11)9-17-10-14-12(4-2)6-8-16-14/h5-8H,3-4,9-10H2,1-2H3. The van der Waals surface area contributed by atoms with Gasteiger partial charge in [0, 0.05) is 0 Å². The molecule has 0 aromatic carbocycles. The maximum atomic E-state index is 5.48. The van der Waals surface area contributed by atoms with Gasteiger partial charge in [-0.25, -0.2) is 0 Å². The monoisotopic (exact) mass is 250 g/mol. The van der Waals surface area contributed by atoms with Gasteiger partial charge in [0.05, 0.1) is 24.0 Å². The van der Waals surface area contributed by atoms with Gasteiger partial charge < -0.3 is 8.83 Å². The van der Waals surface area contributed by atoms with Crippen molar-refractivity contribution < 1.29 is 8.83 Å². The molecule has 0 atom stereocenters. The molecule has 0 aliphatic carbocycles. The van der Waals surface area contributed by atoms with E-state index in [1.807, 2.05) is 11.8 Å². The van der Waals surface area contributed by atoms with Crippen molar-refractivity contribution in [2.75, 3.05) is 0 Å². The lowest BCUT2D eigenvalue weighted by atomic mass is 10.2. The molecule has 0 saturated carbocycles.